The Kier molecular flexibility index (Phi) is 3.97. The molecule has 6 heteroatoms. The van der Waals surface area contributed by atoms with E-state index in [2.05, 4.69) is 40.8 Å². The van der Waals surface area contributed by atoms with Gasteiger partial charge in [0.15, 0.2) is 0 Å². The van der Waals surface area contributed by atoms with Crippen molar-refractivity contribution in [3.63, 3.8) is 0 Å². The van der Waals surface area contributed by atoms with Gasteiger partial charge in [-0.2, -0.15) is 4.37 Å². The fourth-order valence-corrected chi connectivity index (χ4v) is 2.61. The van der Waals surface area contributed by atoms with E-state index in [0.29, 0.717) is 5.13 Å². The summed E-state index contributed by atoms with van der Waals surface area (Å²) < 4.78 is 4.28. The highest BCUT2D eigenvalue weighted by atomic mass is 32.1. The second-order valence-corrected chi connectivity index (χ2v) is 6.42. The Labute approximate surface area is 112 Å². The summed E-state index contributed by atoms with van der Waals surface area (Å²) in [5.74, 6) is 0.783. The van der Waals surface area contributed by atoms with E-state index in [1.807, 2.05) is 0 Å². The van der Waals surface area contributed by atoms with E-state index in [-0.39, 0.29) is 17.4 Å². The SMILES string of the molecule is CC(C)(C)c1nsc(NC(=O)C2CCCCN2)n1. The van der Waals surface area contributed by atoms with Crippen LogP contribution in [0.4, 0.5) is 5.13 Å². The third kappa shape index (κ3) is 3.26. The number of amides is 1. The van der Waals surface area contributed by atoms with Gasteiger partial charge in [0, 0.05) is 16.9 Å². The van der Waals surface area contributed by atoms with E-state index < -0.39 is 0 Å². The summed E-state index contributed by atoms with van der Waals surface area (Å²) in [4.78, 5) is 16.4. The summed E-state index contributed by atoms with van der Waals surface area (Å²) in [7, 11) is 0. The van der Waals surface area contributed by atoms with Crippen molar-refractivity contribution < 1.29 is 4.79 Å². The average molecular weight is 268 g/mol. The third-order valence-corrected chi connectivity index (χ3v) is 3.58. The summed E-state index contributed by atoms with van der Waals surface area (Å²) in [6.45, 7) is 7.09. The molecular formula is C12H20N4OS. The van der Waals surface area contributed by atoms with Gasteiger partial charge in [-0.15, -0.1) is 0 Å². The van der Waals surface area contributed by atoms with Crippen LogP contribution in [0.3, 0.4) is 0 Å². The Morgan fingerprint density at radius 1 is 1.44 bits per heavy atom. The number of rotatable bonds is 2. The molecule has 1 aliphatic rings. The van der Waals surface area contributed by atoms with Crippen molar-refractivity contribution in [2.24, 2.45) is 0 Å². The Balaban J connectivity index is 1.96. The van der Waals surface area contributed by atoms with E-state index in [9.17, 15) is 4.79 Å². The monoisotopic (exact) mass is 268 g/mol. The minimum atomic E-state index is -0.0827. The zero-order chi connectivity index (χ0) is 13.2. The molecule has 1 fully saturated rings. The molecule has 1 aromatic heterocycles. The van der Waals surface area contributed by atoms with Gasteiger partial charge >= 0.3 is 0 Å². The summed E-state index contributed by atoms with van der Waals surface area (Å²) in [6, 6.07) is -0.0827. The highest BCUT2D eigenvalue weighted by Gasteiger charge is 2.23. The number of aromatic nitrogens is 2. The van der Waals surface area contributed by atoms with Gasteiger partial charge in [-0.05, 0) is 19.4 Å². The first-order chi connectivity index (χ1) is 8.47. The van der Waals surface area contributed by atoms with Gasteiger partial charge in [0.1, 0.15) is 5.82 Å². The van der Waals surface area contributed by atoms with E-state index in [1.54, 1.807) is 0 Å². The minimum absolute atomic E-state index is 0.00584. The second-order valence-electron chi connectivity index (χ2n) is 5.66. The number of nitrogens with one attached hydrogen (secondary N) is 2. The second kappa shape index (κ2) is 5.32. The lowest BCUT2D eigenvalue weighted by molar-refractivity contribution is -0.118. The largest absolute Gasteiger partial charge is 0.306 e. The maximum Gasteiger partial charge on any atom is 0.243 e. The van der Waals surface area contributed by atoms with Crippen molar-refractivity contribution >= 4 is 22.6 Å². The van der Waals surface area contributed by atoms with Gasteiger partial charge in [0.05, 0.1) is 6.04 Å². The van der Waals surface area contributed by atoms with Crippen LogP contribution in [-0.4, -0.2) is 27.9 Å². The van der Waals surface area contributed by atoms with Crippen molar-refractivity contribution in [1.29, 1.82) is 0 Å². The molecular weight excluding hydrogens is 248 g/mol. The van der Waals surface area contributed by atoms with Crippen molar-refractivity contribution in [2.75, 3.05) is 11.9 Å². The number of carbonyl (C=O) groups is 1. The number of hydrogen-bond acceptors (Lipinski definition) is 5. The number of carbonyl (C=O) groups excluding carboxylic acids is 1. The first-order valence-corrected chi connectivity index (χ1v) is 7.12. The molecule has 2 heterocycles. The predicted octanol–water partition coefficient (Wildman–Crippen LogP) is 1.92. The molecule has 2 N–H and O–H groups in total. The molecule has 1 saturated heterocycles. The Hall–Kier alpha value is -1.01. The lowest BCUT2D eigenvalue weighted by Crippen LogP contribution is -2.43. The fourth-order valence-electron chi connectivity index (χ4n) is 1.85. The first-order valence-electron chi connectivity index (χ1n) is 6.35. The van der Waals surface area contributed by atoms with E-state index in [0.717, 1.165) is 31.6 Å². The Morgan fingerprint density at radius 2 is 2.22 bits per heavy atom. The molecule has 0 bridgehead atoms. The molecule has 1 amide bonds. The van der Waals surface area contributed by atoms with Crippen LogP contribution in [0.1, 0.15) is 45.9 Å². The molecule has 0 aliphatic carbocycles. The van der Waals surface area contributed by atoms with Crippen LogP contribution in [0.15, 0.2) is 0 Å². The number of piperidine rings is 1. The molecule has 5 nitrogen and oxygen atoms in total. The minimum Gasteiger partial charge on any atom is -0.306 e. The Morgan fingerprint density at radius 3 is 2.78 bits per heavy atom. The lowest BCUT2D eigenvalue weighted by atomic mass is 9.96. The van der Waals surface area contributed by atoms with Gasteiger partial charge in [-0.25, -0.2) is 4.98 Å². The van der Waals surface area contributed by atoms with Gasteiger partial charge in [0.25, 0.3) is 0 Å². The standard InChI is InChI=1S/C12H20N4OS/c1-12(2,3)10-15-11(18-16-10)14-9(17)8-6-4-5-7-13-8/h8,13H,4-7H2,1-3H3,(H,14,15,16,17). The van der Waals surface area contributed by atoms with Gasteiger partial charge in [-0.1, -0.05) is 27.2 Å². The zero-order valence-corrected chi connectivity index (χ0v) is 11.9. The van der Waals surface area contributed by atoms with Crippen LogP contribution in [0.2, 0.25) is 0 Å². The number of anilines is 1. The maximum absolute atomic E-state index is 12.0. The molecule has 1 aliphatic heterocycles. The van der Waals surface area contributed by atoms with Crippen molar-refractivity contribution in [3.05, 3.63) is 5.82 Å². The highest BCUT2D eigenvalue weighted by molar-refractivity contribution is 7.09. The van der Waals surface area contributed by atoms with E-state index >= 15 is 0 Å². The number of hydrogen-bond donors (Lipinski definition) is 2. The quantitative estimate of drug-likeness (QED) is 0.860. The fraction of sp³-hybridized carbons (Fsp3) is 0.750. The summed E-state index contributed by atoms with van der Waals surface area (Å²) in [6.07, 6.45) is 3.15. The molecule has 0 radical (unpaired) electrons. The average Bonchev–Trinajstić information content (AvgIpc) is 2.78. The van der Waals surface area contributed by atoms with E-state index in [4.69, 9.17) is 0 Å². The summed E-state index contributed by atoms with van der Waals surface area (Å²) in [5, 5.41) is 6.66. The molecule has 1 aromatic rings. The topological polar surface area (TPSA) is 66.9 Å². The molecule has 100 valence electrons. The lowest BCUT2D eigenvalue weighted by Gasteiger charge is -2.21. The molecule has 1 unspecified atom stereocenters. The number of nitrogens with zero attached hydrogens (tertiary/aromatic N) is 2. The Bertz CT molecular complexity index is 418. The highest BCUT2D eigenvalue weighted by Crippen LogP contribution is 2.23. The molecule has 0 saturated carbocycles. The summed E-state index contributed by atoms with van der Waals surface area (Å²) >= 11 is 1.25. The van der Waals surface area contributed by atoms with Crippen LogP contribution >= 0.6 is 11.5 Å². The van der Waals surface area contributed by atoms with Gasteiger partial charge in [-0.3, -0.25) is 10.1 Å². The van der Waals surface area contributed by atoms with Crippen molar-refractivity contribution in [3.8, 4) is 0 Å². The van der Waals surface area contributed by atoms with Gasteiger partial charge in [0.2, 0.25) is 11.0 Å². The normalized spacial score (nSPS) is 20.7. The molecule has 1 atom stereocenters. The summed E-state index contributed by atoms with van der Waals surface area (Å²) in [5.41, 5.74) is -0.0808. The molecule has 0 aromatic carbocycles. The van der Waals surface area contributed by atoms with Gasteiger partial charge < -0.3 is 5.32 Å². The van der Waals surface area contributed by atoms with E-state index in [1.165, 1.54) is 11.5 Å². The van der Waals surface area contributed by atoms with Crippen LogP contribution < -0.4 is 10.6 Å². The first kappa shape index (κ1) is 13.4. The van der Waals surface area contributed by atoms with Crippen molar-refractivity contribution in [1.82, 2.24) is 14.7 Å². The molecule has 18 heavy (non-hydrogen) atoms. The molecule has 0 spiro atoms. The molecule has 2 rings (SSSR count). The third-order valence-electron chi connectivity index (χ3n) is 2.95. The maximum atomic E-state index is 12.0. The van der Waals surface area contributed by atoms with Crippen LogP contribution in [0, 0.1) is 0 Å². The smallest absolute Gasteiger partial charge is 0.243 e. The predicted molar refractivity (Wildman–Crippen MR) is 72.9 cm³/mol. The zero-order valence-electron chi connectivity index (χ0n) is 11.1. The van der Waals surface area contributed by atoms with Crippen LogP contribution in [-0.2, 0) is 10.2 Å². The van der Waals surface area contributed by atoms with Crippen LogP contribution in [0.25, 0.3) is 0 Å². The van der Waals surface area contributed by atoms with Crippen molar-refractivity contribution in [2.45, 2.75) is 51.5 Å². The van der Waals surface area contributed by atoms with Crippen LogP contribution in [0.5, 0.6) is 0 Å².